The van der Waals surface area contributed by atoms with E-state index in [0.29, 0.717) is 25.2 Å². The van der Waals surface area contributed by atoms with E-state index in [1.165, 1.54) is 0 Å². The number of hydrogen-bond acceptors (Lipinski definition) is 5. The van der Waals surface area contributed by atoms with E-state index >= 15 is 0 Å². The van der Waals surface area contributed by atoms with Gasteiger partial charge in [0, 0.05) is 25.7 Å². The zero-order valence-electron chi connectivity index (χ0n) is 13.0. The molecule has 6 heteroatoms. The Labute approximate surface area is 125 Å². The smallest absolute Gasteiger partial charge is 0.292 e. The van der Waals surface area contributed by atoms with Crippen molar-refractivity contribution < 1.29 is 10.0 Å². The van der Waals surface area contributed by atoms with Gasteiger partial charge in [-0.25, -0.2) is 0 Å². The highest BCUT2D eigenvalue weighted by Gasteiger charge is 2.14. The number of hydrogen-bond donors (Lipinski definition) is 2. The number of nitro groups is 1. The molecular formula is C15H25N3O3. The molecule has 6 nitrogen and oxygen atoms in total. The van der Waals surface area contributed by atoms with E-state index < -0.39 is 0 Å². The maximum atomic E-state index is 11.0. The van der Waals surface area contributed by atoms with Gasteiger partial charge in [-0.05, 0) is 38.4 Å². The first-order valence-corrected chi connectivity index (χ1v) is 7.31. The Morgan fingerprint density at radius 3 is 2.76 bits per heavy atom. The van der Waals surface area contributed by atoms with Gasteiger partial charge in [-0.3, -0.25) is 10.1 Å². The molecule has 21 heavy (non-hydrogen) atoms. The molecular weight excluding hydrogens is 270 g/mol. The van der Waals surface area contributed by atoms with Gasteiger partial charge in [0.1, 0.15) is 5.69 Å². The van der Waals surface area contributed by atoms with Crippen LogP contribution in [-0.2, 0) is 6.54 Å². The summed E-state index contributed by atoms with van der Waals surface area (Å²) < 4.78 is 0. The van der Waals surface area contributed by atoms with Crippen LogP contribution in [-0.4, -0.2) is 41.2 Å². The van der Waals surface area contributed by atoms with E-state index in [0.717, 1.165) is 18.5 Å². The number of aliphatic hydroxyl groups is 1. The predicted molar refractivity (Wildman–Crippen MR) is 84.5 cm³/mol. The third-order valence-electron chi connectivity index (χ3n) is 3.20. The monoisotopic (exact) mass is 295 g/mol. The van der Waals surface area contributed by atoms with Crippen LogP contribution in [0.1, 0.15) is 32.3 Å². The summed E-state index contributed by atoms with van der Waals surface area (Å²) in [6.45, 7) is 5.99. The SMILES string of the molecule is CCCNc1cc(CN(C)CCC(C)O)ccc1[N+](=O)[O-]. The number of benzene rings is 1. The lowest BCUT2D eigenvalue weighted by atomic mass is 10.1. The number of rotatable bonds is 9. The molecule has 0 saturated carbocycles. The largest absolute Gasteiger partial charge is 0.393 e. The highest BCUT2D eigenvalue weighted by atomic mass is 16.6. The maximum absolute atomic E-state index is 11.0. The van der Waals surface area contributed by atoms with Crippen molar-refractivity contribution in [2.24, 2.45) is 0 Å². The van der Waals surface area contributed by atoms with Gasteiger partial charge in [-0.15, -0.1) is 0 Å². The Morgan fingerprint density at radius 2 is 2.19 bits per heavy atom. The molecule has 0 aliphatic carbocycles. The molecule has 0 radical (unpaired) electrons. The van der Waals surface area contributed by atoms with Gasteiger partial charge in [-0.2, -0.15) is 0 Å². The zero-order chi connectivity index (χ0) is 15.8. The molecule has 0 spiro atoms. The normalized spacial score (nSPS) is 12.4. The summed E-state index contributed by atoms with van der Waals surface area (Å²) in [6, 6.07) is 5.18. The lowest BCUT2D eigenvalue weighted by Crippen LogP contribution is -2.22. The fraction of sp³-hybridized carbons (Fsp3) is 0.600. The highest BCUT2D eigenvalue weighted by Crippen LogP contribution is 2.26. The van der Waals surface area contributed by atoms with Crippen LogP contribution < -0.4 is 5.32 Å². The molecule has 2 N–H and O–H groups in total. The minimum atomic E-state index is -0.362. The van der Waals surface area contributed by atoms with Gasteiger partial charge in [-0.1, -0.05) is 13.0 Å². The second kappa shape index (κ2) is 8.59. The number of anilines is 1. The average Bonchev–Trinajstić information content (AvgIpc) is 2.42. The van der Waals surface area contributed by atoms with Crippen LogP contribution >= 0.6 is 0 Å². The summed E-state index contributed by atoms with van der Waals surface area (Å²) in [5.74, 6) is 0. The van der Waals surface area contributed by atoms with Crippen LogP contribution in [0.4, 0.5) is 11.4 Å². The van der Waals surface area contributed by atoms with Crippen LogP contribution in [0.3, 0.4) is 0 Å². The second-order valence-corrected chi connectivity index (χ2v) is 5.41. The molecule has 1 aromatic rings. The van der Waals surface area contributed by atoms with Crippen LogP contribution in [0.25, 0.3) is 0 Å². The van der Waals surface area contributed by atoms with E-state index in [1.54, 1.807) is 19.1 Å². The van der Waals surface area contributed by atoms with Gasteiger partial charge in [0.05, 0.1) is 11.0 Å². The van der Waals surface area contributed by atoms with Gasteiger partial charge in [0.15, 0.2) is 0 Å². The summed E-state index contributed by atoms with van der Waals surface area (Å²) >= 11 is 0. The summed E-state index contributed by atoms with van der Waals surface area (Å²) in [5.41, 5.74) is 1.70. The third kappa shape index (κ3) is 6.10. The van der Waals surface area contributed by atoms with Crippen LogP contribution in [0.5, 0.6) is 0 Å². The number of nitrogens with one attached hydrogen (secondary N) is 1. The number of nitro benzene ring substituents is 1. The van der Waals surface area contributed by atoms with Crippen LogP contribution in [0.2, 0.25) is 0 Å². The maximum Gasteiger partial charge on any atom is 0.292 e. The first kappa shape index (κ1) is 17.4. The summed E-state index contributed by atoms with van der Waals surface area (Å²) in [7, 11) is 1.98. The molecule has 0 fully saturated rings. The lowest BCUT2D eigenvalue weighted by molar-refractivity contribution is -0.384. The third-order valence-corrected chi connectivity index (χ3v) is 3.20. The Hall–Kier alpha value is -1.66. The summed E-state index contributed by atoms with van der Waals surface area (Å²) in [4.78, 5) is 12.8. The van der Waals surface area contributed by atoms with Crippen molar-refractivity contribution in [3.8, 4) is 0 Å². The highest BCUT2D eigenvalue weighted by molar-refractivity contribution is 5.62. The molecule has 0 aliphatic rings. The Kier molecular flexibility index (Phi) is 7.11. The fourth-order valence-electron chi connectivity index (χ4n) is 2.04. The molecule has 1 unspecified atom stereocenters. The molecule has 118 valence electrons. The molecule has 0 saturated heterocycles. The van der Waals surface area contributed by atoms with Gasteiger partial charge < -0.3 is 15.3 Å². The summed E-state index contributed by atoms with van der Waals surface area (Å²) in [6.07, 6.45) is 1.31. The standard InChI is InChI=1S/C15H25N3O3/c1-4-8-16-14-10-13(5-6-15(14)18(20)21)11-17(3)9-7-12(2)19/h5-6,10,12,16,19H,4,7-9,11H2,1-3H3. The van der Waals surface area contributed by atoms with Crippen molar-refractivity contribution >= 4 is 11.4 Å². The quantitative estimate of drug-likeness (QED) is 0.541. The molecule has 0 aliphatic heterocycles. The van der Waals surface area contributed by atoms with Gasteiger partial charge in [0.25, 0.3) is 5.69 Å². The Balaban J connectivity index is 2.76. The predicted octanol–water partition coefficient (Wildman–Crippen LogP) is 2.62. The van der Waals surface area contributed by atoms with E-state index in [4.69, 9.17) is 0 Å². The van der Waals surface area contributed by atoms with Gasteiger partial charge >= 0.3 is 0 Å². The topological polar surface area (TPSA) is 78.6 Å². The first-order chi connectivity index (χ1) is 9.93. The molecule has 1 rings (SSSR count). The van der Waals surface area contributed by atoms with E-state index in [-0.39, 0.29) is 16.7 Å². The van der Waals surface area contributed by atoms with E-state index in [2.05, 4.69) is 10.2 Å². The fourth-order valence-corrected chi connectivity index (χ4v) is 2.04. The minimum absolute atomic E-state index is 0.110. The summed E-state index contributed by atoms with van der Waals surface area (Å²) in [5, 5.41) is 23.4. The number of nitrogens with zero attached hydrogens (tertiary/aromatic N) is 2. The van der Waals surface area contributed by atoms with Crippen molar-refractivity contribution in [2.45, 2.75) is 39.3 Å². The average molecular weight is 295 g/mol. The van der Waals surface area contributed by atoms with Crippen molar-refractivity contribution in [3.63, 3.8) is 0 Å². The Bertz CT molecular complexity index is 463. The first-order valence-electron chi connectivity index (χ1n) is 7.31. The second-order valence-electron chi connectivity index (χ2n) is 5.41. The molecule has 0 amide bonds. The Morgan fingerprint density at radius 1 is 1.48 bits per heavy atom. The molecule has 1 atom stereocenters. The van der Waals surface area contributed by atoms with Crippen LogP contribution in [0.15, 0.2) is 18.2 Å². The van der Waals surface area contributed by atoms with Crippen molar-refractivity contribution in [2.75, 3.05) is 25.5 Å². The van der Waals surface area contributed by atoms with Crippen molar-refractivity contribution in [1.29, 1.82) is 0 Å². The van der Waals surface area contributed by atoms with Crippen molar-refractivity contribution in [1.82, 2.24) is 4.90 Å². The minimum Gasteiger partial charge on any atom is -0.393 e. The van der Waals surface area contributed by atoms with Gasteiger partial charge in [0.2, 0.25) is 0 Å². The van der Waals surface area contributed by atoms with Crippen LogP contribution in [0, 0.1) is 10.1 Å². The number of aliphatic hydroxyl groups excluding tert-OH is 1. The molecule has 1 aromatic carbocycles. The molecule has 0 bridgehead atoms. The van der Waals surface area contributed by atoms with E-state index in [9.17, 15) is 15.2 Å². The van der Waals surface area contributed by atoms with Crippen molar-refractivity contribution in [3.05, 3.63) is 33.9 Å². The molecule has 0 heterocycles. The molecule has 0 aromatic heterocycles. The lowest BCUT2D eigenvalue weighted by Gasteiger charge is -2.18. The van der Waals surface area contributed by atoms with E-state index in [1.807, 2.05) is 20.0 Å². The zero-order valence-corrected chi connectivity index (χ0v) is 13.0.